The molecular formula is C20H21N3O5S. The van der Waals surface area contributed by atoms with E-state index in [0.717, 1.165) is 21.8 Å². The number of nitrogens with zero attached hydrogens (tertiary/aromatic N) is 2. The molecule has 0 aliphatic heterocycles. The Kier molecular flexibility index (Phi) is 7.81. The Balaban J connectivity index is 0.000000438. The molecule has 29 heavy (non-hydrogen) atoms. The molecule has 2 aromatic carbocycles. The average Bonchev–Trinajstić information content (AvgIpc) is 3.03. The minimum atomic E-state index is -1.82. The number of carbonyl (C=O) groups excluding carboxylic acids is 1. The molecule has 9 heteroatoms. The quantitative estimate of drug-likeness (QED) is 0.548. The maximum absolute atomic E-state index is 12.1. The summed E-state index contributed by atoms with van der Waals surface area (Å²) in [5.74, 6) is -3.66. The molecule has 1 heterocycles. The van der Waals surface area contributed by atoms with Crippen molar-refractivity contribution >= 4 is 45.1 Å². The van der Waals surface area contributed by atoms with Crippen LogP contribution in [0.4, 0.5) is 5.69 Å². The predicted octanol–water partition coefficient (Wildman–Crippen LogP) is 2.83. The normalized spacial score (nSPS) is 10.3. The first-order valence-electron chi connectivity index (χ1n) is 8.60. The third kappa shape index (κ3) is 7.32. The molecule has 0 spiro atoms. The van der Waals surface area contributed by atoms with Crippen molar-refractivity contribution in [2.45, 2.75) is 13.5 Å². The number of para-hydroxylation sites is 1. The Bertz CT molecular complexity index is 973. The summed E-state index contributed by atoms with van der Waals surface area (Å²) in [5.41, 5.74) is 2.99. The molecule has 1 amide bonds. The standard InChI is InChI=1S/C18H19N3OS.C2H2O4/c1-13-6-5-7-14(10-13)19-17(22)11-21(2)12-18-20-15-8-3-4-9-16(15)23-18;3-1(4)2(5)6/h3-10H,11-12H2,1-2H3,(H,19,22);(H,3,4)(H,5,6). The SMILES string of the molecule is Cc1cccc(NC(=O)CN(C)Cc2nc3ccccc3s2)c1.O=C(O)C(=O)O. The number of aliphatic carboxylic acids is 2. The molecule has 0 saturated heterocycles. The fourth-order valence-corrected chi connectivity index (χ4v) is 3.49. The van der Waals surface area contributed by atoms with E-state index in [-0.39, 0.29) is 5.91 Å². The van der Waals surface area contributed by atoms with Gasteiger partial charge in [0.2, 0.25) is 5.91 Å². The highest BCUT2D eigenvalue weighted by Gasteiger charge is 2.10. The molecule has 0 aliphatic rings. The summed E-state index contributed by atoms with van der Waals surface area (Å²) < 4.78 is 1.18. The lowest BCUT2D eigenvalue weighted by molar-refractivity contribution is -0.159. The van der Waals surface area contributed by atoms with E-state index >= 15 is 0 Å². The highest BCUT2D eigenvalue weighted by Crippen LogP contribution is 2.22. The first-order valence-corrected chi connectivity index (χ1v) is 9.42. The molecule has 0 saturated carbocycles. The van der Waals surface area contributed by atoms with Crippen LogP contribution in [0.1, 0.15) is 10.6 Å². The van der Waals surface area contributed by atoms with Crippen LogP contribution in [0.15, 0.2) is 48.5 Å². The van der Waals surface area contributed by atoms with Crippen molar-refractivity contribution in [3.05, 3.63) is 59.1 Å². The van der Waals surface area contributed by atoms with Gasteiger partial charge in [-0.1, -0.05) is 24.3 Å². The number of amides is 1. The summed E-state index contributed by atoms with van der Waals surface area (Å²) in [5, 5.41) is 18.7. The van der Waals surface area contributed by atoms with Crippen LogP contribution in [0.3, 0.4) is 0 Å². The molecule has 0 atom stereocenters. The lowest BCUT2D eigenvalue weighted by Crippen LogP contribution is -2.29. The lowest BCUT2D eigenvalue weighted by atomic mass is 10.2. The predicted molar refractivity (Wildman–Crippen MR) is 111 cm³/mol. The van der Waals surface area contributed by atoms with E-state index in [9.17, 15) is 4.79 Å². The van der Waals surface area contributed by atoms with Crippen LogP contribution in [-0.2, 0) is 20.9 Å². The first-order chi connectivity index (χ1) is 13.7. The van der Waals surface area contributed by atoms with Gasteiger partial charge in [-0.25, -0.2) is 14.6 Å². The van der Waals surface area contributed by atoms with Crippen molar-refractivity contribution < 1.29 is 24.6 Å². The van der Waals surface area contributed by atoms with Crippen molar-refractivity contribution in [1.29, 1.82) is 0 Å². The van der Waals surface area contributed by atoms with Gasteiger partial charge in [-0.2, -0.15) is 0 Å². The number of carboxylic acid groups (broad SMARTS) is 2. The van der Waals surface area contributed by atoms with Crippen LogP contribution in [-0.4, -0.2) is 51.5 Å². The molecule has 0 aliphatic carbocycles. The van der Waals surface area contributed by atoms with Crippen LogP contribution in [0.25, 0.3) is 10.2 Å². The van der Waals surface area contributed by atoms with E-state index in [4.69, 9.17) is 19.8 Å². The minimum absolute atomic E-state index is 0.0146. The number of aryl methyl sites for hydroxylation is 1. The second kappa shape index (κ2) is 10.3. The number of benzene rings is 2. The Labute approximate surface area is 171 Å². The van der Waals surface area contributed by atoms with Crippen LogP contribution < -0.4 is 5.32 Å². The molecule has 0 bridgehead atoms. The summed E-state index contributed by atoms with van der Waals surface area (Å²) in [7, 11) is 1.93. The fraction of sp³-hybridized carbons (Fsp3) is 0.200. The molecule has 3 rings (SSSR count). The van der Waals surface area contributed by atoms with E-state index in [0.29, 0.717) is 13.1 Å². The third-order valence-electron chi connectivity index (χ3n) is 3.64. The zero-order valence-corrected chi connectivity index (χ0v) is 16.8. The van der Waals surface area contributed by atoms with E-state index in [2.05, 4.69) is 16.4 Å². The Hall–Kier alpha value is -3.30. The zero-order chi connectivity index (χ0) is 21.4. The number of rotatable bonds is 5. The summed E-state index contributed by atoms with van der Waals surface area (Å²) in [4.78, 5) is 36.9. The molecular weight excluding hydrogens is 394 g/mol. The van der Waals surface area contributed by atoms with Crippen molar-refractivity contribution in [3.63, 3.8) is 0 Å². The third-order valence-corrected chi connectivity index (χ3v) is 4.66. The number of aromatic nitrogens is 1. The summed E-state index contributed by atoms with van der Waals surface area (Å²) >= 11 is 1.67. The molecule has 8 nitrogen and oxygen atoms in total. The van der Waals surface area contributed by atoms with Crippen LogP contribution >= 0.6 is 11.3 Å². The first kappa shape index (κ1) is 22.0. The van der Waals surface area contributed by atoms with Crippen molar-refractivity contribution in [2.24, 2.45) is 0 Å². The summed E-state index contributed by atoms with van der Waals surface area (Å²) in [6.45, 7) is 3.01. The monoisotopic (exact) mass is 415 g/mol. The van der Waals surface area contributed by atoms with Gasteiger partial charge in [-0.3, -0.25) is 9.69 Å². The van der Waals surface area contributed by atoms with E-state index < -0.39 is 11.9 Å². The molecule has 0 fully saturated rings. The van der Waals surface area contributed by atoms with Gasteiger partial charge < -0.3 is 15.5 Å². The molecule has 152 valence electrons. The Morgan fingerprint density at radius 3 is 2.38 bits per heavy atom. The Morgan fingerprint density at radius 2 is 1.76 bits per heavy atom. The number of nitrogens with one attached hydrogen (secondary N) is 1. The van der Waals surface area contributed by atoms with Crippen molar-refractivity contribution in [1.82, 2.24) is 9.88 Å². The summed E-state index contributed by atoms with van der Waals surface area (Å²) in [6, 6.07) is 15.9. The topological polar surface area (TPSA) is 120 Å². The maximum atomic E-state index is 12.1. The maximum Gasteiger partial charge on any atom is 0.414 e. The minimum Gasteiger partial charge on any atom is -0.473 e. The van der Waals surface area contributed by atoms with E-state index in [1.165, 1.54) is 4.70 Å². The van der Waals surface area contributed by atoms with Gasteiger partial charge in [0.1, 0.15) is 5.01 Å². The Morgan fingerprint density at radius 1 is 1.07 bits per heavy atom. The molecule has 0 radical (unpaired) electrons. The number of hydrogen-bond acceptors (Lipinski definition) is 6. The molecule has 0 unspecified atom stereocenters. The largest absolute Gasteiger partial charge is 0.473 e. The van der Waals surface area contributed by atoms with Crippen molar-refractivity contribution in [2.75, 3.05) is 18.9 Å². The second-order valence-electron chi connectivity index (χ2n) is 6.28. The van der Waals surface area contributed by atoms with Gasteiger partial charge in [-0.05, 0) is 43.8 Å². The highest BCUT2D eigenvalue weighted by atomic mass is 32.1. The lowest BCUT2D eigenvalue weighted by Gasteiger charge is -2.14. The van der Waals surface area contributed by atoms with Crippen LogP contribution in [0.2, 0.25) is 0 Å². The van der Waals surface area contributed by atoms with Gasteiger partial charge >= 0.3 is 11.9 Å². The van der Waals surface area contributed by atoms with Gasteiger partial charge in [0.15, 0.2) is 0 Å². The van der Waals surface area contributed by atoms with Crippen LogP contribution in [0.5, 0.6) is 0 Å². The molecule has 3 N–H and O–H groups in total. The average molecular weight is 415 g/mol. The summed E-state index contributed by atoms with van der Waals surface area (Å²) in [6.07, 6.45) is 0. The van der Waals surface area contributed by atoms with E-state index in [1.807, 2.05) is 61.3 Å². The molecule has 3 aromatic rings. The number of carboxylic acids is 2. The number of carbonyl (C=O) groups is 3. The van der Waals surface area contributed by atoms with E-state index in [1.54, 1.807) is 11.3 Å². The van der Waals surface area contributed by atoms with Gasteiger partial charge in [0, 0.05) is 5.69 Å². The number of anilines is 1. The zero-order valence-electron chi connectivity index (χ0n) is 16.0. The van der Waals surface area contributed by atoms with Gasteiger partial charge in [0.05, 0.1) is 23.3 Å². The van der Waals surface area contributed by atoms with Crippen molar-refractivity contribution in [3.8, 4) is 0 Å². The number of hydrogen-bond donors (Lipinski definition) is 3. The van der Waals surface area contributed by atoms with Gasteiger partial charge in [-0.15, -0.1) is 11.3 Å². The van der Waals surface area contributed by atoms with Gasteiger partial charge in [0.25, 0.3) is 0 Å². The van der Waals surface area contributed by atoms with Crippen LogP contribution in [0, 0.1) is 6.92 Å². The molecule has 1 aromatic heterocycles. The smallest absolute Gasteiger partial charge is 0.414 e. The highest BCUT2D eigenvalue weighted by molar-refractivity contribution is 7.18. The fourth-order valence-electron chi connectivity index (χ4n) is 2.44. The number of fused-ring (bicyclic) bond motifs is 1. The second-order valence-corrected chi connectivity index (χ2v) is 7.39. The number of likely N-dealkylation sites (N-methyl/N-ethyl adjacent to an activating group) is 1. The number of thiazole rings is 1.